The van der Waals surface area contributed by atoms with Gasteiger partial charge in [-0.25, -0.2) is 9.37 Å². The van der Waals surface area contributed by atoms with Gasteiger partial charge in [0, 0.05) is 11.8 Å². The van der Waals surface area contributed by atoms with Crippen molar-refractivity contribution >= 4 is 45.0 Å². The molecule has 0 atom stereocenters. The average molecular weight is 318 g/mol. The van der Waals surface area contributed by atoms with Crippen LogP contribution in [0.4, 0.5) is 21.8 Å². The highest BCUT2D eigenvalue weighted by Gasteiger charge is 2.04. The molecule has 2 rings (SSSR count). The maximum absolute atomic E-state index is 13.3. The summed E-state index contributed by atoms with van der Waals surface area (Å²) in [4.78, 5) is 7.64. The predicted molar refractivity (Wildman–Crippen MR) is 68.8 cm³/mol. The van der Waals surface area contributed by atoms with Crippen LogP contribution in [-0.2, 0) is 0 Å². The number of hydrogen-bond donors (Lipinski definition) is 2. The predicted octanol–water partition coefficient (Wildman–Crippen LogP) is 3.36. The summed E-state index contributed by atoms with van der Waals surface area (Å²) < 4.78 is 13.7. The lowest BCUT2D eigenvalue weighted by Crippen LogP contribution is -2.00. The number of hydrogen-bond acceptors (Lipinski definition) is 4. The molecular formula is C10H7BrClFN4. The van der Waals surface area contributed by atoms with Crippen molar-refractivity contribution in [2.45, 2.75) is 0 Å². The van der Waals surface area contributed by atoms with Crippen LogP contribution in [-0.4, -0.2) is 9.97 Å². The number of rotatable bonds is 2. The molecule has 3 N–H and O–H groups in total. The lowest BCUT2D eigenvalue weighted by atomic mass is 10.3. The fourth-order valence-electron chi connectivity index (χ4n) is 1.22. The molecule has 2 aromatic rings. The Balaban J connectivity index is 2.28. The number of nitrogens with zero attached hydrogens (tertiary/aromatic N) is 2. The van der Waals surface area contributed by atoms with Crippen LogP contribution >= 0.6 is 27.5 Å². The number of anilines is 3. The van der Waals surface area contributed by atoms with Crippen LogP contribution in [0.15, 0.2) is 28.7 Å². The third-order valence-corrected chi connectivity index (χ3v) is 2.74. The summed E-state index contributed by atoms with van der Waals surface area (Å²) in [6.07, 6.45) is 0. The molecule has 0 bridgehead atoms. The molecule has 88 valence electrons. The van der Waals surface area contributed by atoms with Gasteiger partial charge >= 0.3 is 0 Å². The molecule has 0 unspecified atom stereocenters. The van der Waals surface area contributed by atoms with Crippen LogP contribution in [0.1, 0.15) is 0 Å². The highest BCUT2D eigenvalue weighted by Crippen LogP contribution is 2.22. The second-order valence-corrected chi connectivity index (χ2v) is 4.43. The second-order valence-electron chi connectivity index (χ2n) is 3.19. The van der Waals surface area contributed by atoms with E-state index >= 15 is 0 Å². The van der Waals surface area contributed by atoms with Gasteiger partial charge in [0.05, 0.1) is 4.47 Å². The van der Waals surface area contributed by atoms with Gasteiger partial charge in [-0.2, -0.15) is 4.98 Å². The first-order valence-corrected chi connectivity index (χ1v) is 5.74. The SMILES string of the molecule is Nc1nc(Cl)cc(Nc2ccc(Br)c(F)c2)n1. The summed E-state index contributed by atoms with van der Waals surface area (Å²) in [5.74, 6) is 0.0879. The van der Waals surface area contributed by atoms with Gasteiger partial charge in [-0.1, -0.05) is 11.6 Å². The highest BCUT2D eigenvalue weighted by atomic mass is 79.9. The van der Waals surface area contributed by atoms with Gasteiger partial charge in [0.15, 0.2) is 0 Å². The summed E-state index contributed by atoms with van der Waals surface area (Å²) in [6.45, 7) is 0. The number of benzene rings is 1. The highest BCUT2D eigenvalue weighted by molar-refractivity contribution is 9.10. The molecule has 0 aliphatic rings. The Kier molecular flexibility index (Phi) is 3.44. The van der Waals surface area contributed by atoms with Gasteiger partial charge in [-0.05, 0) is 34.1 Å². The second kappa shape index (κ2) is 4.85. The van der Waals surface area contributed by atoms with Gasteiger partial charge in [-0.15, -0.1) is 0 Å². The molecule has 0 amide bonds. The minimum atomic E-state index is -0.372. The van der Waals surface area contributed by atoms with Crippen molar-refractivity contribution in [2.75, 3.05) is 11.1 Å². The Labute approximate surface area is 110 Å². The van der Waals surface area contributed by atoms with Crippen molar-refractivity contribution < 1.29 is 4.39 Å². The molecule has 1 aromatic heterocycles. The van der Waals surface area contributed by atoms with Gasteiger partial charge in [0.1, 0.15) is 16.8 Å². The van der Waals surface area contributed by atoms with Gasteiger partial charge in [0.25, 0.3) is 0 Å². The summed E-state index contributed by atoms with van der Waals surface area (Å²) in [6, 6.07) is 6.11. The first-order chi connectivity index (χ1) is 8.04. The number of nitrogen functional groups attached to an aromatic ring is 1. The maximum atomic E-state index is 13.3. The minimum absolute atomic E-state index is 0.0533. The molecule has 0 fully saturated rings. The van der Waals surface area contributed by atoms with Crippen LogP contribution in [0, 0.1) is 5.82 Å². The average Bonchev–Trinajstić information content (AvgIpc) is 2.22. The van der Waals surface area contributed by atoms with Crippen molar-refractivity contribution in [3.8, 4) is 0 Å². The largest absolute Gasteiger partial charge is 0.368 e. The smallest absolute Gasteiger partial charge is 0.223 e. The molecule has 0 spiro atoms. The van der Waals surface area contributed by atoms with E-state index in [1.807, 2.05) is 0 Å². The summed E-state index contributed by atoms with van der Waals surface area (Å²) in [5, 5.41) is 3.10. The number of nitrogens with two attached hydrogens (primary N) is 1. The number of nitrogens with one attached hydrogen (secondary N) is 1. The molecule has 7 heteroatoms. The molecule has 0 saturated carbocycles. The van der Waals surface area contributed by atoms with E-state index in [9.17, 15) is 4.39 Å². The van der Waals surface area contributed by atoms with E-state index in [2.05, 4.69) is 31.2 Å². The minimum Gasteiger partial charge on any atom is -0.368 e. The van der Waals surface area contributed by atoms with Gasteiger partial charge < -0.3 is 11.1 Å². The lowest BCUT2D eigenvalue weighted by molar-refractivity contribution is 0.622. The van der Waals surface area contributed by atoms with Gasteiger partial charge in [-0.3, -0.25) is 0 Å². The zero-order valence-corrected chi connectivity index (χ0v) is 10.8. The molecule has 0 aliphatic carbocycles. The Hall–Kier alpha value is -1.40. The van der Waals surface area contributed by atoms with Crippen LogP contribution in [0.3, 0.4) is 0 Å². The zero-order valence-electron chi connectivity index (χ0n) is 8.42. The molecule has 17 heavy (non-hydrogen) atoms. The number of aromatic nitrogens is 2. The summed E-state index contributed by atoms with van der Waals surface area (Å²) >= 11 is 8.79. The van der Waals surface area contributed by atoms with Crippen molar-refractivity contribution in [3.05, 3.63) is 39.7 Å². The Morgan fingerprint density at radius 2 is 2.06 bits per heavy atom. The maximum Gasteiger partial charge on any atom is 0.223 e. The molecule has 0 radical (unpaired) electrons. The number of halogens is 3. The molecule has 0 aliphatic heterocycles. The summed E-state index contributed by atoms with van der Waals surface area (Å²) in [5.41, 5.74) is 5.98. The Morgan fingerprint density at radius 3 is 2.71 bits per heavy atom. The van der Waals surface area contributed by atoms with E-state index in [0.29, 0.717) is 16.0 Å². The molecule has 4 nitrogen and oxygen atoms in total. The lowest BCUT2D eigenvalue weighted by Gasteiger charge is -2.06. The molecular weight excluding hydrogens is 310 g/mol. The first kappa shape index (κ1) is 12.1. The van der Waals surface area contributed by atoms with Crippen molar-refractivity contribution in [2.24, 2.45) is 0 Å². The van der Waals surface area contributed by atoms with Crippen LogP contribution in [0.2, 0.25) is 5.15 Å². The van der Waals surface area contributed by atoms with E-state index in [1.54, 1.807) is 12.1 Å². The zero-order chi connectivity index (χ0) is 12.4. The van der Waals surface area contributed by atoms with E-state index in [4.69, 9.17) is 17.3 Å². The van der Waals surface area contributed by atoms with Crippen LogP contribution in [0.25, 0.3) is 0 Å². The van der Waals surface area contributed by atoms with Crippen molar-refractivity contribution in [3.63, 3.8) is 0 Å². The van der Waals surface area contributed by atoms with Crippen molar-refractivity contribution in [1.82, 2.24) is 9.97 Å². The van der Waals surface area contributed by atoms with E-state index in [-0.39, 0.29) is 16.9 Å². The van der Waals surface area contributed by atoms with E-state index < -0.39 is 0 Å². The normalized spacial score (nSPS) is 10.3. The molecule has 1 aromatic carbocycles. The fourth-order valence-corrected chi connectivity index (χ4v) is 1.66. The van der Waals surface area contributed by atoms with Crippen LogP contribution in [0.5, 0.6) is 0 Å². The van der Waals surface area contributed by atoms with Crippen LogP contribution < -0.4 is 11.1 Å². The fraction of sp³-hybridized carbons (Fsp3) is 0. The third kappa shape index (κ3) is 3.04. The third-order valence-electron chi connectivity index (χ3n) is 1.90. The van der Waals surface area contributed by atoms with Crippen molar-refractivity contribution in [1.29, 1.82) is 0 Å². The standard InChI is InChI=1S/C10H7BrClFN4/c11-6-2-1-5(3-7(6)13)15-9-4-8(12)16-10(14)17-9/h1-4H,(H3,14,15,16,17). The summed E-state index contributed by atoms with van der Waals surface area (Å²) in [7, 11) is 0. The molecule has 1 heterocycles. The Bertz CT molecular complexity index is 544. The van der Waals surface area contributed by atoms with E-state index in [1.165, 1.54) is 12.1 Å². The monoisotopic (exact) mass is 316 g/mol. The Morgan fingerprint density at radius 1 is 1.29 bits per heavy atom. The van der Waals surface area contributed by atoms with E-state index in [0.717, 1.165) is 0 Å². The van der Waals surface area contributed by atoms with Gasteiger partial charge in [0.2, 0.25) is 5.95 Å². The first-order valence-electron chi connectivity index (χ1n) is 4.57. The molecule has 0 saturated heterocycles. The quantitative estimate of drug-likeness (QED) is 0.834. The topological polar surface area (TPSA) is 63.8 Å².